The summed E-state index contributed by atoms with van der Waals surface area (Å²) in [6.45, 7) is 8.78. The molecule has 218 valence electrons. The maximum absolute atomic E-state index is 5.21. The predicted octanol–water partition coefficient (Wildman–Crippen LogP) is 11.3. The topological polar surface area (TPSA) is 32.3 Å². The monoisotopic (exact) mass is 574 g/mol. The lowest BCUT2D eigenvalue weighted by Crippen LogP contribution is -2.13. The highest BCUT2D eigenvalue weighted by atomic mass is 15.2. The summed E-state index contributed by atoms with van der Waals surface area (Å²) >= 11 is 0. The SMILES string of the molecule is CC(C)c1cc(N(c2ccccc2)c2ccccc2)cc(-c2cc(N(c3ccccc3)c3ccccc3)cc(C(C)C)n2)n1. The van der Waals surface area contributed by atoms with E-state index in [2.05, 4.69) is 183 Å². The zero-order chi connectivity index (χ0) is 30.5. The molecule has 0 N–H and O–H groups in total. The highest BCUT2D eigenvalue weighted by molar-refractivity contribution is 5.81. The van der Waals surface area contributed by atoms with Gasteiger partial charge in [-0.25, -0.2) is 0 Å². The Balaban J connectivity index is 1.56. The highest BCUT2D eigenvalue weighted by Crippen LogP contribution is 2.40. The molecule has 6 aromatic rings. The first-order chi connectivity index (χ1) is 21.5. The van der Waals surface area contributed by atoms with E-state index in [0.717, 1.165) is 56.9 Å². The molecule has 0 aliphatic carbocycles. The number of nitrogens with zero attached hydrogens (tertiary/aromatic N) is 4. The van der Waals surface area contributed by atoms with Crippen LogP contribution in [0.5, 0.6) is 0 Å². The molecule has 0 unspecified atom stereocenters. The van der Waals surface area contributed by atoms with E-state index >= 15 is 0 Å². The van der Waals surface area contributed by atoms with Crippen LogP contribution < -0.4 is 9.80 Å². The maximum Gasteiger partial charge on any atom is 0.0911 e. The van der Waals surface area contributed by atoms with Crippen LogP contribution in [0.1, 0.15) is 50.9 Å². The van der Waals surface area contributed by atoms with Gasteiger partial charge in [-0.2, -0.15) is 0 Å². The van der Waals surface area contributed by atoms with E-state index in [0.29, 0.717) is 0 Å². The molecule has 4 heteroatoms. The van der Waals surface area contributed by atoms with Crippen molar-refractivity contribution < 1.29 is 0 Å². The van der Waals surface area contributed by atoms with Crippen molar-refractivity contribution in [3.05, 3.63) is 157 Å². The molecule has 6 rings (SSSR count). The Labute approximate surface area is 261 Å². The van der Waals surface area contributed by atoms with E-state index < -0.39 is 0 Å². The standard InChI is InChI=1S/C40H38N4/c1-29(2)37-25-35(43(31-17-9-5-10-18-31)32-19-11-6-12-20-32)27-39(41-37)40-28-36(26-38(42-40)30(3)4)44(33-21-13-7-14-22-33)34-23-15-8-16-24-34/h5-30H,1-4H3. The Morgan fingerprint density at radius 2 is 0.636 bits per heavy atom. The molecule has 4 nitrogen and oxygen atoms in total. The molecule has 0 amide bonds. The first kappa shape index (κ1) is 28.9. The van der Waals surface area contributed by atoms with Gasteiger partial charge in [-0.15, -0.1) is 0 Å². The second kappa shape index (κ2) is 13.0. The van der Waals surface area contributed by atoms with Crippen LogP contribution in [0.3, 0.4) is 0 Å². The zero-order valence-corrected chi connectivity index (χ0v) is 25.8. The van der Waals surface area contributed by atoms with E-state index in [1.165, 1.54) is 0 Å². The first-order valence-electron chi connectivity index (χ1n) is 15.3. The van der Waals surface area contributed by atoms with Gasteiger partial charge in [-0.05, 0) is 84.6 Å². The third-order valence-corrected chi connectivity index (χ3v) is 7.68. The minimum Gasteiger partial charge on any atom is -0.310 e. The largest absolute Gasteiger partial charge is 0.310 e. The van der Waals surface area contributed by atoms with Gasteiger partial charge in [-0.1, -0.05) is 100 Å². The highest BCUT2D eigenvalue weighted by Gasteiger charge is 2.20. The van der Waals surface area contributed by atoms with Crippen molar-refractivity contribution in [3.63, 3.8) is 0 Å². The molecule has 0 aliphatic heterocycles. The van der Waals surface area contributed by atoms with Crippen molar-refractivity contribution in [2.75, 3.05) is 9.80 Å². The summed E-state index contributed by atoms with van der Waals surface area (Å²) in [5, 5.41) is 0. The molecule has 0 saturated heterocycles. The van der Waals surface area contributed by atoms with E-state index in [9.17, 15) is 0 Å². The van der Waals surface area contributed by atoms with Gasteiger partial charge in [0.15, 0.2) is 0 Å². The number of rotatable bonds is 9. The third kappa shape index (κ3) is 6.25. The normalized spacial score (nSPS) is 11.1. The Hall–Kier alpha value is -5.22. The molecule has 2 aromatic heterocycles. The van der Waals surface area contributed by atoms with E-state index in [4.69, 9.17) is 9.97 Å². The molecule has 0 atom stereocenters. The molecular formula is C40H38N4. The molecule has 0 aliphatic rings. The van der Waals surface area contributed by atoms with Gasteiger partial charge in [0.25, 0.3) is 0 Å². The maximum atomic E-state index is 5.21. The van der Waals surface area contributed by atoms with Crippen molar-refractivity contribution in [1.82, 2.24) is 9.97 Å². The number of hydrogen-bond acceptors (Lipinski definition) is 4. The number of benzene rings is 4. The van der Waals surface area contributed by atoms with Crippen molar-refractivity contribution >= 4 is 34.1 Å². The van der Waals surface area contributed by atoms with Gasteiger partial charge >= 0.3 is 0 Å². The molecule has 4 aromatic carbocycles. The zero-order valence-electron chi connectivity index (χ0n) is 25.8. The van der Waals surface area contributed by atoms with E-state index in [1.807, 2.05) is 0 Å². The van der Waals surface area contributed by atoms with Crippen LogP contribution >= 0.6 is 0 Å². The summed E-state index contributed by atoms with van der Waals surface area (Å²) in [5.74, 6) is 0.472. The fraction of sp³-hybridized carbons (Fsp3) is 0.150. The summed E-state index contributed by atoms with van der Waals surface area (Å²) in [5.41, 5.74) is 10.2. The minimum absolute atomic E-state index is 0.236. The molecule has 44 heavy (non-hydrogen) atoms. The Morgan fingerprint density at radius 1 is 0.364 bits per heavy atom. The average Bonchev–Trinajstić information content (AvgIpc) is 3.07. The van der Waals surface area contributed by atoms with Crippen molar-refractivity contribution in [1.29, 1.82) is 0 Å². The van der Waals surface area contributed by atoms with Crippen LogP contribution in [0.4, 0.5) is 34.1 Å². The molecule has 2 heterocycles. The lowest BCUT2D eigenvalue weighted by molar-refractivity contribution is 0.815. The second-order valence-corrected chi connectivity index (χ2v) is 11.6. The number of pyridine rings is 2. The third-order valence-electron chi connectivity index (χ3n) is 7.68. The minimum atomic E-state index is 0.236. The van der Waals surface area contributed by atoms with Gasteiger partial charge < -0.3 is 9.80 Å². The predicted molar refractivity (Wildman–Crippen MR) is 185 cm³/mol. The lowest BCUT2D eigenvalue weighted by atomic mass is 10.0. The van der Waals surface area contributed by atoms with Gasteiger partial charge in [0.05, 0.1) is 22.8 Å². The summed E-state index contributed by atoms with van der Waals surface area (Å²) in [6, 6.07) is 50.8. The number of hydrogen-bond donors (Lipinski definition) is 0. The van der Waals surface area contributed by atoms with Crippen LogP contribution in [0.15, 0.2) is 146 Å². The fourth-order valence-electron chi connectivity index (χ4n) is 5.39. The fourth-order valence-corrected chi connectivity index (χ4v) is 5.39. The van der Waals surface area contributed by atoms with Crippen LogP contribution in [-0.4, -0.2) is 9.97 Å². The Morgan fingerprint density at radius 3 is 0.886 bits per heavy atom. The van der Waals surface area contributed by atoms with Gasteiger partial charge in [0, 0.05) is 34.1 Å². The van der Waals surface area contributed by atoms with Crippen LogP contribution in [0.2, 0.25) is 0 Å². The van der Waals surface area contributed by atoms with E-state index in [-0.39, 0.29) is 11.8 Å². The summed E-state index contributed by atoms with van der Waals surface area (Å²) in [4.78, 5) is 15.0. The first-order valence-corrected chi connectivity index (χ1v) is 15.3. The summed E-state index contributed by atoms with van der Waals surface area (Å²) in [6.07, 6.45) is 0. The summed E-state index contributed by atoms with van der Waals surface area (Å²) < 4.78 is 0. The lowest BCUT2D eigenvalue weighted by Gasteiger charge is -2.28. The molecule has 0 bridgehead atoms. The van der Waals surface area contributed by atoms with Gasteiger partial charge in [0.2, 0.25) is 0 Å². The Kier molecular flexibility index (Phi) is 8.51. The van der Waals surface area contributed by atoms with Gasteiger partial charge in [0.1, 0.15) is 0 Å². The molecule has 0 spiro atoms. The number of anilines is 6. The van der Waals surface area contributed by atoms with Crippen LogP contribution in [-0.2, 0) is 0 Å². The summed E-state index contributed by atoms with van der Waals surface area (Å²) in [7, 11) is 0. The second-order valence-electron chi connectivity index (χ2n) is 11.6. The number of para-hydroxylation sites is 4. The quantitative estimate of drug-likeness (QED) is 0.172. The van der Waals surface area contributed by atoms with Crippen molar-refractivity contribution in [3.8, 4) is 11.4 Å². The van der Waals surface area contributed by atoms with E-state index in [1.54, 1.807) is 0 Å². The molecule has 0 saturated carbocycles. The van der Waals surface area contributed by atoms with Crippen molar-refractivity contribution in [2.24, 2.45) is 0 Å². The number of aromatic nitrogens is 2. The Bertz CT molecular complexity index is 1590. The molecule has 0 fully saturated rings. The van der Waals surface area contributed by atoms with Crippen molar-refractivity contribution in [2.45, 2.75) is 39.5 Å². The molecular weight excluding hydrogens is 536 g/mol. The van der Waals surface area contributed by atoms with Gasteiger partial charge in [-0.3, -0.25) is 9.97 Å². The van der Waals surface area contributed by atoms with Crippen LogP contribution in [0.25, 0.3) is 11.4 Å². The smallest absolute Gasteiger partial charge is 0.0911 e. The molecule has 0 radical (unpaired) electrons. The van der Waals surface area contributed by atoms with Crippen LogP contribution in [0, 0.1) is 0 Å². The average molecular weight is 575 g/mol.